The standard InChI is InChI=1S/C19H35N3OSi/c1-19(2,3)24(4,5)23-15-14-21-10-12-22(13-11-21)16-17-6-8-18(20)9-7-17/h6-9H,10-16,20H2,1-5H3. The molecule has 5 heteroatoms. The molecule has 0 unspecified atom stereocenters. The van der Waals surface area contributed by atoms with Gasteiger partial charge in [0.05, 0.1) is 0 Å². The van der Waals surface area contributed by atoms with Crippen molar-refractivity contribution in [2.75, 3.05) is 45.1 Å². The minimum Gasteiger partial charge on any atom is -0.416 e. The Hall–Kier alpha value is -0.883. The van der Waals surface area contributed by atoms with Crippen molar-refractivity contribution in [3.8, 4) is 0 Å². The van der Waals surface area contributed by atoms with Gasteiger partial charge in [0.15, 0.2) is 8.32 Å². The Bertz CT molecular complexity index is 502. The highest BCUT2D eigenvalue weighted by atomic mass is 28.4. The average molecular weight is 350 g/mol. The number of nitrogens with zero attached hydrogens (tertiary/aromatic N) is 2. The first-order valence-corrected chi connectivity index (χ1v) is 12.0. The third kappa shape index (κ3) is 5.58. The lowest BCUT2D eigenvalue weighted by Crippen LogP contribution is -2.48. The maximum Gasteiger partial charge on any atom is 0.192 e. The van der Waals surface area contributed by atoms with E-state index in [-0.39, 0.29) is 0 Å². The van der Waals surface area contributed by atoms with Crippen LogP contribution in [0.2, 0.25) is 18.1 Å². The molecule has 0 spiro atoms. The summed E-state index contributed by atoms with van der Waals surface area (Å²) in [6.45, 7) is 19.0. The van der Waals surface area contributed by atoms with E-state index in [4.69, 9.17) is 10.2 Å². The second-order valence-electron chi connectivity index (χ2n) is 8.47. The molecule has 0 saturated carbocycles. The summed E-state index contributed by atoms with van der Waals surface area (Å²) in [5.74, 6) is 0. The van der Waals surface area contributed by atoms with Crippen molar-refractivity contribution < 1.29 is 4.43 Å². The number of nitrogen functional groups attached to an aromatic ring is 1. The van der Waals surface area contributed by atoms with E-state index < -0.39 is 8.32 Å². The van der Waals surface area contributed by atoms with Crippen molar-refractivity contribution in [3.63, 3.8) is 0 Å². The molecule has 4 nitrogen and oxygen atoms in total. The highest BCUT2D eigenvalue weighted by Crippen LogP contribution is 2.36. The summed E-state index contributed by atoms with van der Waals surface area (Å²) in [5.41, 5.74) is 7.94. The largest absolute Gasteiger partial charge is 0.416 e. The molecule has 1 aliphatic heterocycles. The predicted octanol–water partition coefficient (Wildman–Crippen LogP) is 3.41. The lowest BCUT2D eigenvalue weighted by Gasteiger charge is -2.38. The second kappa shape index (κ2) is 8.00. The monoisotopic (exact) mass is 349 g/mol. The molecule has 1 aliphatic rings. The van der Waals surface area contributed by atoms with Crippen LogP contribution in [-0.4, -0.2) is 57.4 Å². The fourth-order valence-electron chi connectivity index (χ4n) is 2.70. The van der Waals surface area contributed by atoms with Gasteiger partial charge >= 0.3 is 0 Å². The van der Waals surface area contributed by atoms with Crippen LogP contribution in [0.15, 0.2) is 24.3 Å². The zero-order valence-electron chi connectivity index (χ0n) is 16.1. The van der Waals surface area contributed by atoms with Gasteiger partial charge in [-0.25, -0.2) is 0 Å². The van der Waals surface area contributed by atoms with Crippen LogP contribution >= 0.6 is 0 Å². The summed E-state index contributed by atoms with van der Waals surface area (Å²) in [7, 11) is -1.61. The lowest BCUT2D eigenvalue weighted by atomic mass is 10.2. The van der Waals surface area contributed by atoms with E-state index in [0.717, 1.165) is 51.6 Å². The molecule has 0 aliphatic carbocycles. The maximum atomic E-state index is 6.30. The highest BCUT2D eigenvalue weighted by Gasteiger charge is 2.37. The van der Waals surface area contributed by atoms with Gasteiger partial charge in [0.25, 0.3) is 0 Å². The lowest BCUT2D eigenvalue weighted by molar-refractivity contribution is 0.110. The summed E-state index contributed by atoms with van der Waals surface area (Å²) >= 11 is 0. The van der Waals surface area contributed by atoms with Gasteiger partial charge in [-0.2, -0.15) is 0 Å². The molecule has 24 heavy (non-hydrogen) atoms. The zero-order valence-corrected chi connectivity index (χ0v) is 17.1. The number of anilines is 1. The van der Waals surface area contributed by atoms with Crippen LogP contribution in [0.5, 0.6) is 0 Å². The normalized spacial score (nSPS) is 18.0. The van der Waals surface area contributed by atoms with Crippen molar-refractivity contribution in [1.29, 1.82) is 0 Å². The van der Waals surface area contributed by atoms with E-state index in [0.29, 0.717) is 5.04 Å². The Balaban J connectivity index is 1.68. The first-order valence-electron chi connectivity index (χ1n) is 9.10. The molecule has 136 valence electrons. The van der Waals surface area contributed by atoms with E-state index in [1.165, 1.54) is 5.56 Å². The molecular formula is C19H35N3OSi. The summed E-state index contributed by atoms with van der Waals surface area (Å²) in [5, 5.41) is 0.296. The number of piperazine rings is 1. The van der Waals surface area contributed by atoms with Crippen LogP contribution in [0.3, 0.4) is 0 Å². The minimum atomic E-state index is -1.61. The average Bonchev–Trinajstić information content (AvgIpc) is 2.50. The molecule has 0 bridgehead atoms. The number of hydrogen-bond donors (Lipinski definition) is 1. The van der Waals surface area contributed by atoms with Crippen molar-refractivity contribution in [2.45, 2.75) is 45.4 Å². The Morgan fingerprint density at radius 2 is 1.54 bits per heavy atom. The van der Waals surface area contributed by atoms with Crippen LogP contribution in [0.1, 0.15) is 26.3 Å². The molecule has 2 rings (SSSR count). The van der Waals surface area contributed by atoms with Crippen LogP contribution in [0.25, 0.3) is 0 Å². The first kappa shape index (κ1) is 19.4. The SMILES string of the molecule is CC(C)(C)[Si](C)(C)OCCN1CCN(Cc2ccc(N)cc2)CC1. The first-order chi connectivity index (χ1) is 11.2. The van der Waals surface area contributed by atoms with Crippen molar-refractivity contribution in [3.05, 3.63) is 29.8 Å². The summed E-state index contributed by atoms with van der Waals surface area (Å²) in [6, 6.07) is 8.25. The van der Waals surface area contributed by atoms with Gasteiger partial charge in [0.1, 0.15) is 0 Å². The quantitative estimate of drug-likeness (QED) is 0.631. The number of nitrogens with two attached hydrogens (primary N) is 1. The van der Waals surface area contributed by atoms with Gasteiger partial charge in [0, 0.05) is 51.6 Å². The Kier molecular flexibility index (Phi) is 6.48. The van der Waals surface area contributed by atoms with Gasteiger partial charge in [-0.05, 0) is 35.8 Å². The molecule has 0 amide bonds. The van der Waals surface area contributed by atoms with Crippen molar-refractivity contribution in [1.82, 2.24) is 9.80 Å². The van der Waals surface area contributed by atoms with Gasteiger partial charge < -0.3 is 10.2 Å². The Labute approximate surface area is 149 Å². The third-order valence-electron chi connectivity index (χ3n) is 5.53. The smallest absolute Gasteiger partial charge is 0.192 e. The Morgan fingerprint density at radius 1 is 1.00 bits per heavy atom. The second-order valence-corrected chi connectivity index (χ2v) is 13.3. The number of benzene rings is 1. The van der Waals surface area contributed by atoms with Gasteiger partial charge in [-0.3, -0.25) is 9.80 Å². The van der Waals surface area contributed by atoms with Gasteiger partial charge in [-0.15, -0.1) is 0 Å². The van der Waals surface area contributed by atoms with E-state index in [9.17, 15) is 0 Å². The van der Waals surface area contributed by atoms with E-state index in [2.05, 4.69) is 55.8 Å². The fraction of sp³-hybridized carbons (Fsp3) is 0.684. The molecule has 1 aromatic carbocycles. The fourth-order valence-corrected chi connectivity index (χ4v) is 3.73. The van der Waals surface area contributed by atoms with Crippen molar-refractivity contribution >= 4 is 14.0 Å². The molecule has 0 radical (unpaired) electrons. The summed E-state index contributed by atoms with van der Waals surface area (Å²) in [6.07, 6.45) is 0. The van der Waals surface area contributed by atoms with E-state index in [1.807, 2.05) is 12.1 Å². The van der Waals surface area contributed by atoms with Crippen LogP contribution in [-0.2, 0) is 11.0 Å². The number of rotatable bonds is 6. The summed E-state index contributed by atoms with van der Waals surface area (Å²) < 4.78 is 6.30. The van der Waals surface area contributed by atoms with Gasteiger partial charge in [0.2, 0.25) is 0 Å². The minimum absolute atomic E-state index is 0.296. The van der Waals surface area contributed by atoms with E-state index >= 15 is 0 Å². The van der Waals surface area contributed by atoms with Crippen molar-refractivity contribution in [2.24, 2.45) is 0 Å². The molecule has 1 aromatic rings. The molecule has 1 fully saturated rings. The van der Waals surface area contributed by atoms with Crippen LogP contribution in [0, 0.1) is 0 Å². The third-order valence-corrected chi connectivity index (χ3v) is 10.1. The van der Waals surface area contributed by atoms with Crippen LogP contribution in [0.4, 0.5) is 5.69 Å². The highest BCUT2D eigenvalue weighted by molar-refractivity contribution is 6.74. The molecule has 0 aromatic heterocycles. The molecule has 1 heterocycles. The molecule has 2 N–H and O–H groups in total. The van der Waals surface area contributed by atoms with E-state index in [1.54, 1.807) is 0 Å². The Morgan fingerprint density at radius 3 is 2.08 bits per heavy atom. The number of hydrogen-bond acceptors (Lipinski definition) is 4. The predicted molar refractivity (Wildman–Crippen MR) is 106 cm³/mol. The zero-order chi connectivity index (χ0) is 17.8. The maximum absolute atomic E-state index is 6.30. The molecule has 0 atom stereocenters. The molecular weight excluding hydrogens is 314 g/mol. The topological polar surface area (TPSA) is 41.7 Å². The molecule has 1 saturated heterocycles. The summed E-state index contributed by atoms with van der Waals surface area (Å²) in [4.78, 5) is 5.06. The van der Waals surface area contributed by atoms with Crippen LogP contribution < -0.4 is 5.73 Å². The van der Waals surface area contributed by atoms with Gasteiger partial charge in [-0.1, -0.05) is 32.9 Å².